The topological polar surface area (TPSA) is 54.7 Å². The van der Waals surface area contributed by atoms with Crippen molar-refractivity contribution < 1.29 is 4.74 Å². The van der Waals surface area contributed by atoms with E-state index in [1.165, 1.54) is 44.9 Å². The molecule has 26 heavy (non-hydrogen) atoms. The number of ether oxygens (including phenoxy) is 1. The fourth-order valence-corrected chi connectivity index (χ4v) is 3.92. The molecular weight excluding hydrogens is 441 g/mol. The Morgan fingerprint density at radius 1 is 1.31 bits per heavy atom. The molecule has 1 N–H and O–H groups in total. The number of halogens is 1. The smallest absolute Gasteiger partial charge is 0.193 e. The third-order valence-electron chi connectivity index (χ3n) is 5.58. The molecule has 2 heterocycles. The van der Waals surface area contributed by atoms with Gasteiger partial charge in [0.15, 0.2) is 5.96 Å². The second-order valence-corrected chi connectivity index (χ2v) is 7.39. The van der Waals surface area contributed by atoms with Gasteiger partial charge in [-0.05, 0) is 44.1 Å². The second-order valence-electron chi connectivity index (χ2n) is 7.39. The molecule has 1 saturated heterocycles. The minimum atomic E-state index is 0. The van der Waals surface area contributed by atoms with Crippen molar-refractivity contribution in [2.24, 2.45) is 10.9 Å². The summed E-state index contributed by atoms with van der Waals surface area (Å²) in [5, 5.41) is 8.20. The zero-order valence-corrected chi connectivity index (χ0v) is 18.5. The van der Waals surface area contributed by atoms with E-state index >= 15 is 0 Å². The van der Waals surface area contributed by atoms with Gasteiger partial charge in [-0.2, -0.15) is 5.10 Å². The van der Waals surface area contributed by atoms with E-state index in [1.54, 1.807) is 0 Å². The summed E-state index contributed by atoms with van der Waals surface area (Å²) >= 11 is 0. The molecule has 148 valence electrons. The van der Waals surface area contributed by atoms with Gasteiger partial charge in [0.05, 0.1) is 18.3 Å². The fourth-order valence-electron chi connectivity index (χ4n) is 3.92. The molecular formula is C19H34IN5O. The second kappa shape index (κ2) is 11.1. The van der Waals surface area contributed by atoms with Crippen molar-refractivity contribution in [3.8, 4) is 0 Å². The van der Waals surface area contributed by atoms with Crippen LogP contribution in [0.4, 0.5) is 0 Å². The number of aromatic nitrogens is 2. The van der Waals surface area contributed by atoms with E-state index in [0.717, 1.165) is 43.9 Å². The first kappa shape index (κ1) is 21.5. The van der Waals surface area contributed by atoms with Crippen molar-refractivity contribution in [1.82, 2.24) is 20.0 Å². The third kappa shape index (κ3) is 6.11. The van der Waals surface area contributed by atoms with Gasteiger partial charge in [-0.1, -0.05) is 12.8 Å². The zero-order chi connectivity index (χ0) is 17.5. The molecule has 0 aromatic carbocycles. The van der Waals surface area contributed by atoms with Gasteiger partial charge in [0, 0.05) is 40.1 Å². The summed E-state index contributed by atoms with van der Waals surface area (Å²) in [4.78, 5) is 6.65. The first-order valence-electron chi connectivity index (χ1n) is 9.80. The largest absolute Gasteiger partial charge is 0.381 e. The number of guanidine groups is 1. The molecule has 1 aromatic heterocycles. The number of nitrogens with zero attached hydrogens (tertiary/aromatic N) is 4. The number of rotatable bonds is 6. The van der Waals surface area contributed by atoms with Crippen LogP contribution >= 0.6 is 24.0 Å². The Hall–Kier alpha value is -0.830. The Labute approximate surface area is 174 Å². The maximum absolute atomic E-state index is 5.44. The summed E-state index contributed by atoms with van der Waals surface area (Å²) in [5.74, 6) is 1.74. The van der Waals surface area contributed by atoms with Gasteiger partial charge in [0.25, 0.3) is 0 Å². The summed E-state index contributed by atoms with van der Waals surface area (Å²) in [7, 11) is 3.97. The van der Waals surface area contributed by atoms with E-state index < -0.39 is 0 Å². The molecule has 1 aliphatic heterocycles. The Morgan fingerprint density at radius 3 is 2.73 bits per heavy atom. The number of aliphatic imine (C=N–C) groups is 1. The minimum Gasteiger partial charge on any atom is -0.381 e. The third-order valence-corrected chi connectivity index (χ3v) is 5.58. The van der Waals surface area contributed by atoms with Crippen molar-refractivity contribution >= 4 is 29.9 Å². The van der Waals surface area contributed by atoms with E-state index in [9.17, 15) is 0 Å². The van der Waals surface area contributed by atoms with Crippen LogP contribution in [0.25, 0.3) is 0 Å². The molecule has 2 aliphatic rings. The molecule has 3 rings (SSSR count). The van der Waals surface area contributed by atoms with Crippen molar-refractivity contribution in [3.05, 3.63) is 18.0 Å². The van der Waals surface area contributed by atoms with Gasteiger partial charge < -0.3 is 15.0 Å². The SMILES string of the molecule is CN=C(NCc1ccn(C2CCCC2)n1)N(C)CCC1CCOCC1.I. The van der Waals surface area contributed by atoms with Crippen LogP contribution in [0.1, 0.15) is 56.7 Å². The predicted octanol–water partition coefficient (Wildman–Crippen LogP) is 3.44. The highest BCUT2D eigenvalue weighted by molar-refractivity contribution is 14.0. The van der Waals surface area contributed by atoms with E-state index in [1.807, 2.05) is 7.05 Å². The molecule has 0 bridgehead atoms. The standard InChI is InChI=1S/C19H33N5O.HI/c1-20-19(23(2)11-7-16-9-13-25-14-10-16)21-15-17-8-12-24(22-17)18-5-3-4-6-18;/h8,12,16,18H,3-7,9-11,13-15H2,1-2H3,(H,20,21);1H. The van der Waals surface area contributed by atoms with Gasteiger partial charge in [0.2, 0.25) is 0 Å². The summed E-state index contributed by atoms with van der Waals surface area (Å²) < 4.78 is 7.60. The summed E-state index contributed by atoms with van der Waals surface area (Å²) in [6.07, 6.45) is 10.9. The molecule has 0 spiro atoms. The van der Waals surface area contributed by atoms with Gasteiger partial charge in [-0.3, -0.25) is 9.67 Å². The lowest BCUT2D eigenvalue weighted by molar-refractivity contribution is 0.0625. The molecule has 0 amide bonds. The van der Waals surface area contributed by atoms with Crippen LogP contribution in [0.15, 0.2) is 17.3 Å². The van der Waals surface area contributed by atoms with Crippen molar-refractivity contribution in [3.63, 3.8) is 0 Å². The van der Waals surface area contributed by atoms with Gasteiger partial charge in [0.1, 0.15) is 0 Å². The Kier molecular flexibility index (Phi) is 9.18. The molecule has 0 radical (unpaired) electrons. The van der Waals surface area contributed by atoms with Gasteiger partial charge in [-0.25, -0.2) is 0 Å². The van der Waals surface area contributed by atoms with Crippen molar-refractivity contribution in [1.29, 1.82) is 0 Å². The van der Waals surface area contributed by atoms with E-state index in [2.05, 4.69) is 39.2 Å². The Bertz CT molecular complexity index is 550. The molecule has 2 fully saturated rings. The van der Waals surface area contributed by atoms with Crippen LogP contribution in [-0.2, 0) is 11.3 Å². The quantitative estimate of drug-likeness (QED) is 0.389. The molecule has 1 aliphatic carbocycles. The average molecular weight is 475 g/mol. The van der Waals surface area contributed by atoms with Crippen LogP contribution in [0.2, 0.25) is 0 Å². The highest BCUT2D eigenvalue weighted by Gasteiger charge is 2.18. The predicted molar refractivity (Wildman–Crippen MR) is 116 cm³/mol. The summed E-state index contributed by atoms with van der Waals surface area (Å²) in [5.41, 5.74) is 1.09. The number of nitrogens with one attached hydrogen (secondary N) is 1. The molecule has 0 unspecified atom stereocenters. The molecule has 1 saturated carbocycles. The average Bonchev–Trinajstić information content (AvgIpc) is 3.33. The maximum Gasteiger partial charge on any atom is 0.193 e. The monoisotopic (exact) mass is 475 g/mol. The van der Waals surface area contributed by atoms with Crippen molar-refractivity contribution in [2.75, 3.05) is 33.9 Å². The van der Waals surface area contributed by atoms with Gasteiger partial charge in [-0.15, -0.1) is 24.0 Å². The Balaban J connectivity index is 0.00000243. The van der Waals surface area contributed by atoms with Crippen LogP contribution < -0.4 is 5.32 Å². The van der Waals surface area contributed by atoms with Crippen LogP contribution in [-0.4, -0.2) is 54.5 Å². The van der Waals surface area contributed by atoms with Crippen molar-refractivity contribution in [2.45, 2.75) is 57.5 Å². The first-order chi connectivity index (χ1) is 12.3. The highest BCUT2D eigenvalue weighted by atomic mass is 127. The van der Waals surface area contributed by atoms with E-state index in [4.69, 9.17) is 9.84 Å². The van der Waals surface area contributed by atoms with Gasteiger partial charge >= 0.3 is 0 Å². The van der Waals surface area contributed by atoms with E-state index in [-0.39, 0.29) is 24.0 Å². The lowest BCUT2D eigenvalue weighted by atomic mass is 9.96. The number of hydrogen-bond donors (Lipinski definition) is 1. The summed E-state index contributed by atoms with van der Waals surface area (Å²) in [6.45, 7) is 3.60. The molecule has 1 aromatic rings. The minimum absolute atomic E-state index is 0. The maximum atomic E-state index is 5.44. The Morgan fingerprint density at radius 2 is 2.04 bits per heavy atom. The molecule has 0 atom stereocenters. The highest BCUT2D eigenvalue weighted by Crippen LogP contribution is 2.28. The first-order valence-corrected chi connectivity index (χ1v) is 9.80. The van der Waals surface area contributed by atoms with Crippen LogP contribution in [0.5, 0.6) is 0 Å². The lowest BCUT2D eigenvalue weighted by Crippen LogP contribution is -2.39. The fraction of sp³-hybridized carbons (Fsp3) is 0.789. The van der Waals surface area contributed by atoms with Crippen LogP contribution in [0, 0.1) is 5.92 Å². The normalized spacial score (nSPS) is 19.4. The zero-order valence-electron chi connectivity index (χ0n) is 16.2. The molecule has 6 nitrogen and oxygen atoms in total. The lowest BCUT2D eigenvalue weighted by Gasteiger charge is -2.26. The molecule has 7 heteroatoms. The number of hydrogen-bond acceptors (Lipinski definition) is 3. The van der Waals surface area contributed by atoms with E-state index in [0.29, 0.717) is 6.04 Å². The summed E-state index contributed by atoms with van der Waals surface area (Å²) in [6, 6.07) is 2.73. The van der Waals surface area contributed by atoms with Crippen LogP contribution in [0.3, 0.4) is 0 Å².